The van der Waals surface area contributed by atoms with Gasteiger partial charge in [0.1, 0.15) is 11.9 Å². The molecule has 0 saturated heterocycles. The summed E-state index contributed by atoms with van der Waals surface area (Å²) in [5.41, 5.74) is -0.0810. The molecule has 8 nitrogen and oxygen atoms in total. The lowest BCUT2D eigenvalue weighted by molar-refractivity contribution is -0.384. The van der Waals surface area contributed by atoms with Crippen molar-refractivity contribution in [3.63, 3.8) is 0 Å². The Kier molecular flexibility index (Phi) is 3.38. The number of anilines is 1. The van der Waals surface area contributed by atoms with Gasteiger partial charge in [-0.25, -0.2) is 9.97 Å². The molecule has 0 unspecified atom stereocenters. The molecular weight excluding hydrogens is 248 g/mol. The molecule has 2 rings (SSSR count). The third-order valence-electron chi connectivity index (χ3n) is 2.53. The molecular formula is C11H10N6O2. The predicted molar refractivity (Wildman–Crippen MR) is 66.1 cm³/mol. The Hall–Kier alpha value is -2.95. The van der Waals surface area contributed by atoms with E-state index in [0.717, 1.165) is 5.82 Å². The zero-order valence-electron chi connectivity index (χ0n) is 10.1. The van der Waals surface area contributed by atoms with E-state index in [1.165, 1.54) is 12.3 Å². The van der Waals surface area contributed by atoms with Crippen molar-refractivity contribution in [2.24, 2.45) is 7.05 Å². The van der Waals surface area contributed by atoms with Crippen molar-refractivity contribution >= 4 is 11.5 Å². The lowest BCUT2D eigenvalue weighted by Crippen LogP contribution is -2.08. The third kappa shape index (κ3) is 2.66. The molecule has 2 aromatic rings. The first-order valence-electron chi connectivity index (χ1n) is 5.36. The van der Waals surface area contributed by atoms with Crippen LogP contribution in [-0.2, 0) is 13.6 Å². The molecule has 0 bridgehead atoms. The molecule has 8 heteroatoms. The van der Waals surface area contributed by atoms with E-state index in [0.29, 0.717) is 6.54 Å². The van der Waals surface area contributed by atoms with Crippen LogP contribution in [0.4, 0.5) is 11.5 Å². The summed E-state index contributed by atoms with van der Waals surface area (Å²) in [6.07, 6.45) is 4.70. The molecule has 2 heterocycles. The second kappa shape index (κ2) is 5.14. The molecule has 2 aromatic heterocycles. The van der Waals surface area contributed by atoms with Gasteiger partial charge in [0.2, 0.25) is 5.82 Å². The number of nitrogens with zero attached hydrogens (tertiary/aromatic N) is 5. The van der Waals surface area contributed by atoms with Crippen LogP contribution >= 0.6 is 0 Å². The van der Waals surface area contributed by atoms with Crippen LogP contribution in [-0.4, -0.2) is 19.5 Å². The molecule has 1 N–H and O–H groups in total. The van der Waals surface area contributed by atoms with Crippen LogP contribution in [0, 0.1) is 21.4 Å². The summed E-state index contributed by atoms with van der Waals surface area (Å²) >= 11 is 0. The number of nitriles is 1. The lowest BCUT2D eigenvalue weighted by Gasteiger charge is -2.06. The molecule has 0 saturated carbocycles. The van der Waals surface area contributed by atoms with Crippen molar-refractivity contribution in [1.82, 2.24) is 14.5 Å². The van der Waals surface area contributed by atoms with Gasteiger partial charge in [-0.2, -0.15) is 5.26 Å². The number of hydrogen-bond acceptors (Lipinski definition) is 6. The van der Waals surface area contributed by atoms with Crippen LogP contribution in [0.25, 0.3) is 0 Å². The van der Waals surface area contributed by atoms with Gasteiger partial charge in [-0.3, -0.25) is 10.1 Å². The van der Waals surface area contributed by atoms with Gasteiger partial charge in [-0.1, -0.05) is 0 Å². The average molecular weight is 258 g/mol. The monoisotopic (exact) mass is 258 g/mol. The quantitative estimate of drug-likeness (QED) is 0.651. The Balaban J connectivity index is 2.23. The highest BCUT2D eigenvalue weighted by molar-refractivity contribution is 5.58. The second-order valence-corrected chi connectivity index (χ2v) is 3.77. The fraction of sp³-hybridized carbons (Fsp3) is 0.182. The SMILES string of the molecule is Cn1ccnc1CNc1ncc(C#N)cc1[N+](=O)[O-]. The summed E-state index contributed by atoms with van der Waals surface area (Å²) in [5, 5.41) is 22.5. The highest BCUT2D eigenvalue weighted by atomic mass is 16.6. The van der Waals surface area contributed by atoms with Gasteiger partial charge in [-0.05, 0) is 0 Å². The van der Waals surface area contributed by atoms with E-state index in [2.05, 4.69) is 15.3 Å². The number of aromatic nitrogens is 3. The second-order valence-electron chi connectivity index (χ2n) is 3.77. The van der Waals surface area contributed by atoms with Crippen molar-refractivity contribution in [3.05, 3.63) is 46.2 Å². The minimum absolute atomic E-state index is 0.118. The van der Waals surface area contributed by atoms with E-state index in [-0.39, 0.29) is 17.1 Å². The van der Waals surface area contributed by atoms with Crippen molar-refractivity contribution < 1.29 is 4.92 Å². The standard InChI is InChI=1S/C11H10N6O2/c1-16-3-2-13-10(16)7-15-11-9(17(18)19)4-8(5-12)6-14-11/h2-4,6H,7H2,1H3,(H,14,15). The van der Waals surface area contributed by atoms with Gasteiger partial charge in [0.25, 0.3) is 0 Å². The lowest BCUT2D eigenvalue weighted by atomic mass is 10.3. The van der Waals surface area contributed by atoms with Crippen molar-refractivity contribution in [2.75, 3.05) is 5.32 Å². The van der Waals surface area contributed by atoms with Gasteiger partial charge in [0.15, 0.2) is 0 Å². The molecule has 19 heavy (non-hydrogen) atoms. The Morgan fingerprint density at radius 3 is 2.95 bits per heavy atom. The van der Waals surface area contributed by atoms with Crippen molar-refractivity contribution in [2.45, 2.75) is 6.54 Å². The minimum Gasteiger partial charge on any atom is -0.357 e. The van der Waals surface area contributed by atoms with Crippen LogP contribution in [0.1, 0.15) is 11.4 Å². The number of hydrogen-bond donors (Lipinski definition) is 1. The molecule has 0 radical (unpaired) electrons. The maximum absolute atomic E-state index is 10.9. The Morgan fingerprint density at radius 2 is 2.37 bits per heavy atom. The summed E-state index contributed by atoms with van der Waals surface area (Å²) in [6.45, 7) is 0.309. The summed E-state index contributed by atoms with van der Waals surface area (Å²) in [6, 6.07) is 3.01. The van der Waals surface area contributed by atoms with Crippen LogP contribution in [0.15, 0.2) is 24.7 Å². The first kappa shape index (κ1) is 12.5. The predicted octanol–water partition coefficient (Wildman–Crippen LogP) is 1.21. The van der Waals surface area contributed by atoms with E-state index in [9.17, 15) is 10.1 Å². The van der Waals surface area contributed by atoms with Gasteiger partial charge in [0.05, 0.1) is 17.0 Å². The Labute approximate surface area is 108 Å². The van der Waals surface area contributed by atoms with Gasteiger partial charge >= 0.3 is 5.69 Å². The van der Waals surface area contributed by atoms with Gasteiger partial charge < -0.3 is 9.88 Å². The van der Waals surface area contributed by atoms with E-state index >= 15 is 0 Å². The van der Waals surface area contributed by atoms with Crippen molar-refractivity contribution in [3.8, 4) is 6.07 Å². The molecule has 0 fully saturated rings. The number of imidazole rings is 1. The third-order valence-corrected chi connectivity index (χ3v) is 2.53. The van der Waals surface area contributed by atoms with Crippen LogP contribution in [0.3, 0.4) is 0 Å². The van der Waals surface area contributed by atoms with E-state index < -0.39 is 4.92 Å². The molecule has 96 valence electrons. The Bertz CT molecular complexity index is 657. The van der Waals surface area contributed by atoms with Gasteiger partial charge in [0, 0.05) is 31.7 Å². The zero-order chi connectivity index (χ0) is 13.8. The highest BCUT2D eigenvalue weighted by Crippen LogP contribution is 2.22. The Morgan fingerprint density at radius 1 is 1.58 bits per heavy atom. The summed E-state index contributed by atoms with van der Waals surface area (Å²) < 4.78 is 1.79. The maximum atomic E-state index is 10.9. The molecule has 0 atom stereocenters. The summed E-state index contributed by atoms with van der Waals surface area (Å²) in [7, 11) is 1.82. The maximum Gasteiger partial charge on any atom is 0.312 e. The molecule has 0 spiro atoms. The fourth-order valence-corrected chi connectivity index (χ4v) is 1.52. The number of rotatable bonds is 4. The van der Waals surface area contributed by atoms with E-state index in [1.54, 1.807) is 17.0 Å². The number of nitro groups is 1. The first-order valence-corrected chi connectivity index (χ1v) is 5.36. The van der Waals surface area contributed by atoms with Gasteiger partial charge in [-0.15, -0.1) is 0 Å². The van der Waals surface area contributed by atoms with Crippen LogP contribution in [0.5, 0.6) is 0 Å². The molecule has 0 aromatic carbocycles. The minimum atomic E-state index is -0.575. The number of nitrogens with one attached hydrogen (secondary N) is 1. The molecule has 0 aliphatic carbocycles. The largest absolute Gasteiger partial charge is 0.357 e. The smallest absolute Gasteiger partial charge is 0.312 e. The average Bonchev–Trinajstić information content (AvgIpc) is 2.81. The summed E-state index contributed by atoms with van der Waals surface area (Å²) in [5.74, 6) is 0.840. The van der Waals surface area contributed by atoms with E-state index in [1.807, 2.05) is 13.1 Å². The number of pyridine rings is 1. The number of aryl methyl sites for hydroxylation is 1. The van der Waals surface area contributed by atoms with Crippen LogP contribution in [0.2, 0.25) is 0 Å². The van der Waals surface area contributed by atoms with Crippen LogP contribution < -0.4 is 5.32 Å². The van der Waals surface area contributed by atoms with Crippen molar-refractivity contribution in [1.29, 1.82) is 5.26 Å². The molecule has 0 aliphatic rings. The molecule has 0 aliphatic heterocycles. The fourth-order valence-electron chi connectivity index (χ4n) is 1.52. The normalized spacial score (nSPS) is 9.89. The topological polar surface area (TPSA) is 110 Å². The highest BCUT2D eigenvalue weighted by Gasteiger charge is 2.16. The zero-order valence-corrected chi connectivity index (χ0v) is 10.1. The molecule has 0 amide bonds. The van der Waals surface area contributed by atoms with E-state index in [4.69, 9.17) is 5.26 Å². The first-order chi connectivity index (χ1) is 9.11. The summed E-state index contributed by atoms with van der Waals surface area (Å²) in [4.78, 5) is 18.3.